The molecule has 0 aromatic heterocycles. The van der Waals surface area contributed by atoms with Gasteiger partial charge in [-0.2, -0.15) is 0 Å². The lowest BCUT2D eigenvalue weighted by atomic mass is 9.98. The van der Waals surface area contributed by atoms with Crippen molar-refractivity contribution in [2.75, 3.05) is 13.2 Å². The first-order valence-electron chi connectivity index (χ1n) is 5.47. The maximum Gasteiger partial charge on any atom is 0.251 e. The molecule has 18 heavy (non-hydrogen) atoms. The minimum atomic E-state index is -0.993. The van der Waals surface area contributed by atoms with Crippen molar-refractivity contribution in [3.63, 3.8) is 0 Å². The second-order valence-electron chi connectivity index (χ2n) is 4.03. The molecule has 1 amide bonds. The molecule has 0 aliphatic heterocycles. The van der Waals surface area contributed by atoms with Crippen molar-refractivity contribution < 1.29 is 15.0 Å². The monoisotopic (exact) mass is 383 g/mol. The van der Waals surface area contributed by atoms with E-state index in [1.54, 1.807) is 25.1 Å². The Hall–Kier alpha value is -0.370. The summed E-state index contributed by atoms with van der Waals surface area (Å²) in [5, 5.41) is 21.7. The number of hydrogen-bond donors (Lipinski definition) is 3. The summed E-state index contributed by atoms with van der Waals surface area (Å²) in [6, 6.07) is 4.95. The molecule has 4 nitrogen and oxygen atoms in total. The molecule has 0 spiro atoms. The van der Waals surface area contributed by atoms with Gasteiger partial charge < -0.3 is 15.5 Å². The number of halogens is 2. The zero-order chi connectivity index (χ0) is 13.8. The van der Waals surface area contributed by atoms with Crippen LogP contribution in [0, 0.1) is 3.57 Å². The SMILES string of the molecule is CCC(CO)(CO)NC(=O)c1ccc(I)c(Cl)c1. The molecule has 0 saturated heterocycles. The van der Waals surface area contributed by atoms with Crippen molar-refractivity contribution in [2.24, 2.45) is 0 Å². The van der Waals surface area contributed by atoms with Gasteiger partial charge in [-0.15, -0.1) is 0 Å². The number of carbonyl (C=O) groups excluding carboxylic acids is 1. The molecule has 0 bridgehead atoms. The van der Waals surface area contributed by atoms with E-state index in [2.05, 4.69) is 27.9 Å². The Morgan fingerprint density at radius 1 is 1.44 bits per heavy atom. The van der Waals surface area contributed by atoms with Gasteiger partial charge in [-0.3, -0.25) is 4.79 Å². The smallest absolute Gasteiger partial charge is 0.251 e. The zero-order valence-electron chi connectivity index (χ0n) is 9.91. The van der Waals surface area contributed by atoms with Gasteiger partial charge in [0, 0.05) is 9.13 Å². The van der Waals surface area contributed by atoms with Crippen molar-refractivity contribution >= 4 is 40.1 Å². The Morgan fingerprint density at radius 2 is 2.06 bits per heavy atom. The number of hydrogen-bond acceptors (Lipinski definition) is 3. The van der Waals surface area contributed by atoms with Gasteiger partial charge in [0.15, 0.2) is 0 Å². The summed E-state index contributed by atoms with van der Waals surface area (Å²) in [4.78, 5) is 12.0. The van der Waals surface area contributed by atoms with Crippen LogP contribution in [0.25, 0.3) is 0 Å². The summed E-state index contributed by atoms with van der Waals surface area (Å²) in [7, 11) is 0. The predicted octanol–water partition coefficient (Wildman–Crippen LogP) is 1.81. The highest BCUT2D eigenvalue weighted by Gasteiger charge is 2.28. The van der Waals surface area contributed by atoms with E-state index in [4.69, 9.17) is 11.6 Å². The van der Waals surface area contributed by atoms with E-state index in [9.17, 15) is 15.0 Å². The van der Waals surface area contributed by atoms with Gasteiger partial charge in [0.1, 0.15) is 0 Å². The molecule has 0 radical (unpaired) electrons. The molecule has 1 aromatic rings. The highest BCUT2D eigenvalue weighted by Crippen LogP contribution is 2.20. The molecule has 1 rings (SSSR count). The number of nitrogens with one attached hydrogen (secondary N) is 1. The third kappa shape index (κ3) is 3.57. The van der Waals surface area contributed by atoms with Crippen molar-refractivity contribution in [3.8, 4) is 0 Å². The van der Waals surface area contributed by atoms with Gasteiger partial charge >= 0.3 is 0 Å². The number of amides is 1. The number of benzene rings is 1. The van der Waals surface area contributed by atoms with Crippen LogP contribution in [0.5, 0.6) is 0 Å². The maximum absolute atomic E-state index is 12.0. The van der Waals surface area contributed by atoms with Gasteiger partial charge in [-0.05, 0) is 47.2 Å². The van der Waals surface area contributed by atoms with Crippen LogP contribution >= 0.6 is 34.2 Å². The summed E-state index contributed by atoms with van der Waals surface area (Å²) in [5.74, 6) is -0.363. The largest absolute Gasteiger partial charge is 0.394 e. The van der Waals surface area contributed by atoms with E-state index < -0.39 is 5.54 Å². The van der Waals surface area contributed by atoms with E-state index in [0.29, 0.717) is 17.0 Å². The fourth-order valence-corrected chi connectivity index (χ4v) is 1.91. The molecule has 0 heterocycles. The van der Waals surface area contributed by atoms with Crippen LogP contribution < -0.4 is 5.32 Å². The number of aliphatic hydroxyl groups is 2. The Labute approximate surface area is 124 Å². The summed E-state index contributed by atoms with van der Waals surface area (Å²) in [5.41, 5.74) is -0.591. The molecular weight excluding hydrogens is 368 g/mol. The predicted molar refractivity (Wildman–Crippen MR) is 78.8 cm³/mol. The first kappa shape index (κ1) is 15.7. The van der Waals surface area contributed by atoms with Crippen molar-refractivity contribution in [2.45, 2.75) is 18.9 Å². The molecule has 0 fully saturated rings. The van der Waals surface area contributed by atoms with E-state index in [-0.39, 0.29) is 19.1 Å². The summed E-state index contributed by atoms with van der Waals surface area (Å²) in [6.45, 7) is 1.15. The fourth-order valence-electron chi connectivity index (χ4n) is 1.39. The number of rotatable bonds is 5. The number of aliphatic hydroxyl groups excluding tert-OH is 2. The Kier molecular flexibility index (Phi) is 5.84. The molecular formula is C12H15ClINO3. The van der Waals surface area contributed by atoms with Gasteiger partial charge in [0.05, 0.1) is 23.8 Å². The van der Waals surface area contributed by atoms with E-state index in [1.807, 2.05) is 0 Å². The van der Waals surface area contributed by atoms with Gasteiger partial charge in [-0.1, -0.05) is 18.5 Å². The molecule has 0 aliphatic rings. The summed E-state index contributed by atoms with van der Waals surface area (Å²) in [6.07, 6.45) is 0.434. The Morgan fingerprint density at radius 3 is 2.50 bits per heavy atom. The maximum atomic E-state index is 12.0. The van der Waals surface area contributed by atoms with E-state index in [1.165, 1.54) is 0 Å². The molecule has 0 unspecified atom stereocenters. The standard InChI is InChI=1S/C12H15ClINO3/c1-2-12(6-16,7-17)15-11(18)8-3-4-10(14)9(13)5-8/h3-5,16-17H,2,6-7H2,1H3,(H,15,18). The lowest BCUT2D eigenvalue weighted by molar-refractivity contribution is 0.0653. The molecule has 100 valence electrons. The van der Waals surface area contributed by atoms with Crippen LogP contribution in [0.2, 0.25) is 5.02 Å². The highest BCUT2D eigenvalue weighted by atomic mass is 127. The lowest BCUT2D eigenvalue weighted by Gasteiger charge is -2.29. The van der Waals surface area contributed by atoms with Crippen LogP contribution in [0.3, 0.4) is 0 Å². The van der Waals surface area contributed by atoms with Gasteiger partial charge in [0.2, 0.25) is 0 Å². The fraction of sp³-hybridized carbons (Fsp3) is 0.417. The minimum Gasteiger partial charge on any atom is -0.394 e. The number of carbonyl (C=O) groups is 1. The van der Waals surface area contributed by atoms with Crippen molar-refractivity contribution in [3.05, 3.63) is 32.4 Å². The molecule has 1 aromatic carbocycles. The molecule has 6 heteroatoms. The second-order valence-corrected chi connectivity index (χ2v) is 5.60. The highest BCUT2D eigenvalue weighted by molar-refractivity contribution is 14.1. The molecule has 0 atom stereocenters. The topological polar surface area (TPSA) is 69.6 Å². The zero-order valence-corrected chi connectivity index (χ0v) is 12.8. The summed E-state index contributed by atoms with van der Waals surface area (Å²) < 4.78 is 0.858. The third-order valence-electron chi connectivity index (χ3n) is 2.84. The Balaban J connectivity index is 2.90. The van der Waals surface area contributed by atoms with Crippen LogP contribution in [0.15, 0.2) is 18.2 Å². The van der Waals surface area contributed by atoms with Crippen molar-refractivity contribution in [1.82, 2.24) is 5.32 Å². The molecule has 0 aliphatic carbocycles. The minimum absolute atomic E-state index is 0.316. The average Bonchev–Trinajstić information content (AvgIpc) is 2.39. The van der Waals surface area contributed by atoms with E-state index >= 15 is 0 Å². The average molecular weight is 384 g/mol. The normalized spacial score (nSPS) is 11.4. The molecule has 3 N–H and O–H groups in total. The second kappa shape index (κ2) is 6.70. The van der Waals surface area contributed by atoms with Crippen molar-refractivity contribution in [1.29, 1.82) is 0 Å². The first-order valence-corrected chi connectivity index (χ1v) is 6.93. The van der Waals surface area contributed by atoms with E-state index in [0.717, 1.165) is 3.57 Å². The third-order valence-corrected chi connectivity index (χ3v) is 4.41. The van der Waals surface area contributed by atoms with Crippen LogP contribution in [-0.2, 0) is 0 Å². The Bertz CT molecular complexity index is 427. The van der Waals surface area contributed by atoms with Crippen LogP contribution in [0.4, 0.5) is 0 Å². The van der Waals surface area contributed by atoms with Crippen LogP contribution in [-0.4, -0.2) is 34.9 Å². The van der Waals surface area contributed by atoms with Gasteiger partial charge in [-0.25, -0.2) is 0 Å². The molecule has 0 saturated carbocycles. The van der Waals surface area contributed by atoms with Gasteiger partial charge in [0.25, 0.3) is 5.91 Å². The quantitative estimate of drug-likeness (QED) is 0.679. The lowest BCUT2D eigenvalue weighted by Crippen LogP contribution is -2.53. The summed E-state index contributed by atoms with van der Waals surface area (Å²) >= 11 is 8.02. The van der Waals surface area contributed by atoms with Crippen LogP contribution in [0.1, 0.15) is 23.7 Å². The first-order chi connectivity index (χ1) is 8.48.